The summed E-state index contributed by atoms with van der Waals surface area (Å²) in [6.07, 6.45) is 1.83. The van der Waals surface area contributed by atoms with E-state index in [9.17, 15) is 5.11 Å². The van der Waals surface area contributed by atoms with E-state index in [4.69, 9.17) is 5.73 Å². The molecule has 1 aromatic carbocycles. The molecule has 0 spiro atoms. The third-order valence-electron chi connectivity index (χ3n) is 3.44. The van der Waals surface area contributed by atoms with Crippen LogP contribution in [-0.4, -0.2) is 18.3 Å². The summed E-state index contributed by atoms with van der Waals surface area (Å²) >= 11 is 0. The average molecular weight is 235 g/mol. The third kappa shape index (κ3) is 3.83. The molecular formula is C15H25NO. The summed E-state index contributed by atoms with van der Waals surface area (Å²) in [5.41, 5.74) is 8.32. The Morgan fingerprint density at radius 1 is 1.29 bits per heavy atom. The minimum absolute atomic E-state index is 0.163. The predicted molar refractivity (Wildman–Crippen MR) is 72.9 cm³/mol. The molecule has 0 aliphatic rings. The first-order valence-electron chi connectivity index (χ1n) is 6.38. The zero-order valence-electron chi connectivity index (χ0n) is 11.2. The van der Waals surface area contributed by atoms with Crippen molar-refractivity contribution < 1.29 is 5.11 Å². The van der Waals surface area contributed by atoms with Gasteiger partial charge in [-0.15, -0.1) is 0 Å². The fourth-order valence-electron chi connectivity index (χ4n) is 2.49. The Morgan fingerprint density at radius 3 is 2.41 bits per heavy atom. The van der Waals surface area contributed by atoms with E-state index >= 15 is 0 Å². The van der Waals surface area contributed by atoms with Gasteiger partial charge in [-0.25, -0.2) is 0 Å². The van der Waals surface area contributed by atoms with Gasteiger partial charge in [0.25, 0.3) is 0 Å². The van der Waals surface area contributed by atoms with Crippen LogP contribution in [0.4, 0.5) is 0 Å². The molecule has 0 aliphatic carbocycles. The lowest BCUT2D eigenvalue weighted by Crippen LogP contribution is -2.38. The Hall–Kier alpha value is -0.860. The van der Waals surface area contributed by atoms with E-state index in [2.05, 4.69) is 39.0 Å². The van der Waals surface area contributed by atoms with Gasteiger partial charge in [-0.2, -0.15) is 0 Å². The van der Waals surface area contributed by atoms with Crippen molar-refractivity contribution >= 4 is 0 Å². The van der Waals surface area contributed by atoms with Crippen LogP contribution in [0.15, 0.2) is 24.3 Å². The molecule has 2 nitrogen and oxygen atoms in total. The Kier molecular flexibility index (Phi) is 5.16. The molecule has 96 valence electrons. The zero-order valence-corrected chi connectivity index (χ0v) is 11.2. The van der Waals surface area contributed by atoms with Crippen LogP contribution >= 0.6 is 0 Å². The van der Waals surface area contributed by atoms with Crippen LogP contribution in [0, 0.1) is 18.3 Å². The molecule has 0 radical (unpaired) electrons. The van der Waals surface area contributed by atoms with Crippen LogP contribution in [0.3, 0.4) is 0 Å². The maximum atomic E-state index is 9.70. The zero-order chi connectivity index (χ0) is 12.9. The molecule has 0 aliphatic heterocycles. The molecule has 0 amide bonds. The van der Waals surface area contributed by atoms with Crippen molar-refractivity contribution in [2.75, 3.05) is 13.2 Å². The van der Waals surface area contributed by atoms with Gasteiger partial charge in [0.15, 0.2) is 0 Å². The van der Waals surface area contributed by atoms with Gasteiger partial charge in [0, 0.05) is 12.0 Å². The Balaban J connectivity index is 2.90. The first-order chi connectivity index (χ1) is 8.03. The molecule has 0 fully saturated rings. The number of hydrogen-bond acceptors (Lipinski definition) is 2. The Bertz CT molecular complexity index is 343. The normalized spacial score (nSPS) is 14.9. The van der Waals surface area contributed by atoms with Gasteiger partial charge < -0.3 is 10.8 Å². The lowest BCUT2D eigenvalue weighted by molar-refractivity contribution is 0.108. The molecule has 0 saturated heterocycles. The topological polar surface area (TPSA) is 46.2 Å². The third-order valence-corrected chi connectivity index (χ3v) is 3.44. The molecular weight excluding hydrogens is 210 g/mol. The number of nitrogens with two attached hydrogens (primary N) is 1. The van der Waals surface area contributed by atoms with Gasteiger partial charge in [0.1, 0.15) is 0 Å². The molecule has 17 heavy (non-hydrogen) atoms. The number of benzene rings is 1. The number of rotatable bonds is 6. The lowest BCUT2D eigenvalue weighted by Gasteiger charge is -2.33. The maximum absolute atomic E-state index is 9.70. The van der Waals surface area contributed by atoms with Gasteiger partial charge >= 0.3 is 0 Å². The molecule has 1 rings (SSSR count). The minimum atomic E-state index is -0.166. The van der Waals surface area contributed by atoms with Crippen molar-refractivity contribution in [3.8, 4) is 0 Å². The first kappa shape index (κ1) is 14.2. The number of aryl methyl sites for hydroxylation is 1. The summed E-state index contributed by atoms with van der Waals surface area (Å²) in [5.74, 6) is 0.551. The second-order valence-corrected chi connectivity index (χ2v) is 5.56. The summed E-state index contributed by atoms with van der Waals surface area (Å²) in [6, 6.07) is 8.35. The number of aliphatic hydroxyl groups excluding tert-OH is 1. The molecule has 0 saturated carbocycles. The highest BCUT2D eigenvalue weighted by atomic mass is 16.3. The van der Waals surface area contributed by atoms with Gasteiger partial charge in [0.2, 0.25) is 0 Å². The molecule has 3 N–H and O–H groups in total. The van der Waals surface area contributed by atoms with Crippen LogP contribution < -0.4 is 5.73 Å². The van der Waals surface area contributed by atoms with Gasteiger partial charge in [0.05, 0.1) is 6.61 Å². The Labute approximate surface area is 105 Å². The van der Waals surface area contributed by atoms with E-state index in [0.717, 1.165) is 12.8 Å². The molecule has 1 aromatic rings. The van der Waals surface area contributed by atoms with E-state index in [1.807, 2.05) is 6.07 Å². The van der Waals surface area contributed by atoms with E-state index in [-0.39, 0.29) is 12.0 Å². The van der Waals surface area contributed by atoms with Crippen molar-refractivity contribution in [3.05, 3.63) is 35.4 Å². The monoisotopic (exact) mass is 235 g/mol. The smallest absolute Gasteiger partial charge is 0.0502 e. The van der Waals surface area contributed by atoms with Crippen molar-refractivity contribution in [1.29, 1.82) is 0 Å². The van der Waals surface area contributed by atoms with Crippen molar-refractivity contribution in [1.82, 2.24) is 0 Å². The molecule has 0 aromatic heterocycles. The first-order valence-corrected chi connectivity index (χ1v) is 6.38. The van der Waals surface area contributed by atoms with E-state index < -0.39 is 0 Å². The van der Waals surface area contributed by atoms with E-state index in [0.29, 0.717) is 12.5 Å². The fraction of sp³-hybridized carbons (Fsp3) is 0.600. The number of aliphatic hydroxyl groups is 1. The van der Waals surface area contributed by atoms with Gasteiger partial charge in [-0.3, -0.25) is 0 Å². The fourth-order valence-corrected chi connectivity index (χ4v) is 2.49. The summed E-state index contributed by atoms with van der Waals surface area (Å²) in [6.45, 7) is 7.17. The molecule has 1 unspecified atom stereocenters. The van der Waals surface area contributed by atoms with Crippen molar-refractivity contribution in [2.24, 2.45) is 17.1 Å². The summed E-state index contributed by atoms with van der Waals surface area (Å²) in [4.78, 5) is 0. The minimum Gasteiger partial charge on any atom is -0.396 e. The highest BCUT2D eigenvalue weighted by molar-refractivity contribution is 5.26. The predicted octanol–water partition coefficient (Wildman–Crippen LogP) is 2.52. The standard InChI is InChI=1S/C15H25NO/c1-12(2)8-15(10-16,11-17)9-14-7-5-4-6-13(14)3/h4-7,12,17H,8-11,16H2,1-3H3. The average Bonchev–Trinajstić information content (AvgIpc) is 2.30. The maximum Gasteiger partial charge on any atom is 0.0502 e. The molecule has 2 heteroatoms. The van der Waals surface area contributed by atoms with E-state index in [1.165, 1.54) is 11.1 Å². The number of hydrogen-bond donors (Lipinski definition) is 2. The highest BCUT2D eigenvalue weighted by Gasteiger charge is 2.29. The Morgan fingerprint density at radius 2 is 1.94 bits per heavy atom. The van der Waals surface area contributed by atoms with Crippen molar-refractivity contribution in [3.63, 3.8) is 0 Å². The second-order valence-electron chi connectivity index (χ2n) is 5.56. The van der Waals surface area contributed by atoms with E-state index in [1.54, 1.807) is 0 Å². The van der Waals surface area contributed by atoms with Crippen LogP contribution in [0.25, 0.3) is 0 Å². The summed E-state index contributed by atoms with van der Waals surface area (Å²) in [5, 5.41) is 9.70. The van der Waals surface area contributed by atoms with Crippen LogP contribution in [-0.2, 0) is 6.42 Å². The van der Waals surface area contributed by atoms with Gasteiger partial charge in [-0.1, -0.05) is 38.1 Å². The summed E-state index contributed by atoms with van der Waals surface area (Å²) < 4.78 is 0. The quantitative estimate of drug-likeness (QED) is 0.796. The molecule has 0 bridgehead atoms. The van der Waals surface area contributed by atoms with Crippen LogP contribution in [0.5, 0.6) is 0 Å². The second kappa shape index (κ2) is 6.18. The lowest BCUT2D eigenvalue weighted by atomic mass is 9.75. The molecule has 0 heterocycles. The van der Waals surface area contributed by atoms with Crippen LogP contribution in [0.2, 0.25) is 0 Å². The van der Waals surface area contributed by atoms with Crippen LogP contribution in [0.1, 0.15) is 31.4 Å². The largest absolute Gasteiger partial charge is 0.396 e. The van der Waals surface area contributed by atoms with Crippen molar-refractivity contribution in [2.45, 2.75) is 33.6 Å². The summed E-state index contributed by atoms with van der Waals surface area (Å²) in [7, 11) is 0. The van der Waals surface area contributed by atoms with Gasteiger partial charge in [-0.05, 0) is 36.8 Å². The molecule has 1 atom stereocenters. The SMILES string of the molecule is Cc1ccccc1CC(CN)(CO)CC(C)C. The highest BCUT2D eigenvalue weighted by Crippen LogP contribution is 2.30.